The van der Waals surface area contributed by atoms with Crippen LogP contribution in [-0.2, 0) is 0 Å². The van der Waals surface area contributed by atoms with Gasteiger partial charge in [0.25, 0.3) is 0 Å². The van der Waals surface area contributed by atoms with Crippen LogP contribution in [-0.4, -0.2) is 44.3 Å². The Balaban J connectivity index is 1.87. The number of aliphatic hydroxyl groups is 1. The Morgan fingerprint density at radius 1 is 1.08 bits per heavy atom. The average molecular weight is 327 g/mol. The van der Waals surface area contributed by atoms with E-state index in [0.29, 0.717) is 29.2 Å². The van der Waals surface area contributed by atoms with Crippen molar-refractivity contribution in [3.8, 4) is 11.5 Å². The molecule has 0 spiro atoms. The van der Waals surface area contributed by atoms with E-state index in [1.165, 1.54) is 0 Å². The summed E-state index contributed by atoms with van der Waals surface area (Å²) in [6, 6.07) is 12.7. The van der Waals surface area contributed by atoms with E-state index in [1.54, 1.807) is 38.5 Å². The van der Waals surface area contributed by atoms with Crippen molar-refractivity contribution >= 4 is 11.5 Å². The van der Waals surface area contributed by atoms with Gasteiger partial charge in [-0.1, -0.05) is 12.1 Å². The lowest BCUT2D eigenvalue weighted by molar-refractivity contribution is 0.103. The quantitative estimate of drug-likeness (QED) is 0.855. The molecule has 24 heavy (non-hydrogen) atoms. The van der Waals surface area contributed by atoms with Crippen molar-refractivity contribution in [2.24, 2.45) is 0 Å². The fraction of sp³-hybridized carbons (Fsp3) is 0.316. The van der Waals surface area contributed by atoms with Crippen LogP contribution in [0.1, 0.15) is 22.3 Å². The van der Waals surface area contributed by atoms with Gasteiger partial charge in [-0.25, -0.2) is 0 Å². The highest BCUT2D eigenvalue weighted by Gasteiger charge is 2.21. The second-order valence-electron chi connectivity index (χ2n) is 5.84. The van der Waals surface area contributed by atoms with Gasteiger partial charge in [0.2, 0.25) is 0 Å². The normalized spacial score (nSPS) is 17.0. The number of aliphatic hydroxyl groups excluding tert-OH is 1. The van der Waals surface area contributed by atoms with Crippen LogP contribution in [0.5, 0.6) is 11.5 Å². The molecule has 5 nitrogen and oxygen atoms in total. The molecule has 0 amide bonds. The van der Waals surface area contributed by atoms with Crippen LogP contribution in [0.15, 0.2) is 42.5 Å². The first-order valence-electron chi connectivity index (χ1n) is 7.92. The third-order valence-corrected chi connectivity index (χ3v) is 4.28. The zero-order valence-electron chi connectivity index (χ0n) is 13.9. The lowest BCUT2D eigenvalue weighted by Gasteiger charge is -2.18. The molecule has 1 unspecified atom stereocenters. The predicted molar refractivity (Wildman–Crippen MR) is 92.3 cm³/mol. The van der Waals surface area contributed by atoms with Gasteiger partial charge in [-0.2, -0.15) is 0 Å². The van der Waals surface area contributed by atoms with Gasteiger partial charge < -0.3 is 19.5 Å². The summed E-state index contributed by atoms with van der Waals surface area (Å²) in [5.41, 5.74) is 2.12. The van der Waals surface area contributed by atoms with Gasteiger partial charge in [-0.3, -0.25) is 4.79 Å². The fourth-order valence-corrected chi connectivity index (χ4v) is 2.96. The van der Waals surface area contributed by atoms with E-state index in [1.807, 2.05) is 18.2 Å². The Hall–Kier alpha value is -2.53. The number of rotatable bonds is 5. The van der Waals surface area contributed by atoms with Crippen LogP contribution >= 0.6 is 0 Å². The minimum absolute atomic E-state index is 0.0717. The Kier molecular flexibility index (Phi) is 4.71. The molecular weight excluding hydrogens is 306 g/mol. The minimum Gasteiger partial charge on any atom is -0.493 e. The second kappa shape index (κ2) is 6.93. The average Bonchev–Trinajstić information content (AvgIpc) is 3.07. The van der Waals surface area contributed by atoms with Crippen LogP contribution in [0.2, 0.25) is 0 Å². The van der Waals surface area contributed by atoms with Crippen molar-refractivity contribution in [2.75, 3.05) is 32.2 Å². The van der Waals surface area contributed by atoms with Gasteiger partial charge in [0.1, 0.15) is 0 Å². The molecule has 1 aliphatic rings. The number of β-amino-alcohol motifs (C(OH)–C–C–N with tert-alkyl or cyclic N) is 1. The van der Waals surface area contributed by atoms with Gasteiger partial charge in [0.05, 0.1) is 20.3 Å². The number of hydrogen-bond donors (Lipinski definition) is 1. The van der Waals surface area contributed by atoms with E-state index in [2.05, 4.69) is 4.90 Å². The summed E-state index contributed by atoms with van der Waals surface area (Å²) in [5.74, 6) is 1.05. The van der Waals surface area contributed by atoms with Gasteiger partial charge in [0.15, 0.2) is 17.3 Å². The number of carbonyl (C=O) groups excluding carboxylic acids is 1. The summed E-state index contributed by atoms with van der Waals surface area (Å²) < 4.78 is 10.5. The molecule has 1 atom stereocenters. The number of ketones is 1. The third kappa shape index (κ3) is 3.21. The van der Waals surface area contributed by atoms with E-state index in [0.717, 1.165) is 18.7 Å². The highest BCUT2D eigenvalue weighted by molar-refractivity contribution is 6.09. The maximum atomic E-state index is 12.8. The van der Waals surface area contributed by atoms with Gasteiger partial charge in [0, 0.05) is 29.9 Å². The summed E-state index contributed by atoms with van der Waals surface area (Å²) in [7, 11) is 3.11. The number of benzene rings is 2. The first kappa shape index (κ1) is 16.3. The van der Waals surface area contributed by atoms with Crippen molar-refractivity contribution in [1.29, 1.82) is 0 Å². The lowest BCUT2D eigenvalue weighted by Crippen LogP contribution is -2.21. The number of ether oxygens (including phenoxy) is 2. The van der Waals surface area contributed by atoms with Gasteiger partial charge >= 0.3 is 0 Å². The Morgan fingerprint density at radius 3 is 2.50 bits per heavy atom. The smallest absolute Gasteiger partial charge is 0.193 e. The van der Waals surface area contributed by atoms with Gasteiger partial charge in [-0.05, 0) is 36.8 Å². The number of methoxy groups -OCH3 is 2. The van der Waals surface area contributed by atoms with Crippen LogP contribution in [0, 0.1) is 0 Å². The molecule has 0 aliphatic carbocycles. The lowest BCUT2D eigenvalue weighted by atomic mass is 10.0. The molecular formula is C19H21NO4. The molecule has 1 saturated heterocycles. The molecule has 3 rings (SSSR count). The molecule has 1 fully saturated rings. The summed E-state index contributed by atoms with van der Waals surface area (Å²) in [5, 5.41) is 9.69. The van der Waals surface area contributed by atoms with E-state index in [9.17, 15) is 9.90 Å². The largest absolute Gasteiger partial charge is 0.493 e. The Labute approximate surface area is 141 Å². The summed E-state index contributed by atoms with van der Waals surface area (Å²) >= 11 is 0. The topological polar surface area (TPSA) is 59.0 Å². The van der Waals surface area contributed by atoms with Crippen molar-refractivity contribution < 1.29 is 19.4 Å². The highest BCUT2D eigenvalue weighted by Crippen LogP contribution is 2.29. The summed E-state index contributed by atoms with van der Waals surface area (Å²) in [4.78, 5) is 14.9. The van der Waals surface area contributed by atoms with Crippen molar-refractivity contribution in [3.63, 3.8) is 0 Å². The van der Waals surface area contributed by atoms with Crippen molar-refractivity contribution in [3.05, 3.63) is 53.6 Å². The molecule has 0 aromatic heterocycles. The van der Waals surface area contributed by atoms with E-state index < -0.39 is 0 Å². The zero-order valence-corrected chi connectivity index (χ0v) is 13.9. The predicted octanol–water partition coefficient (Wildman–Crippen LogP) is 2.51. The standard InChI is InChI=1S/C19H21NO4/c1-23-17-7-6-14(11-18(17)24-2)19(22)13-4-3-5-15(10-13)20-9-8-16(21)12-20/h3-7,10-11,16,21H,8-9,12H2,1-2H3. The van der Waals surface area contributed by atoms with E-state index >= 15 is 0 Å². The fourth-order valence-electron chi connectivity index (χ4n) is 2.96. The van der Waals surface area contributed by atoms with Gasteiger partial charge in [-0.15, -0.1) is 0 Å². The van der Waals surface area contributed by atoms with E-state index in [-0.39, 0.29) is 11.9 Å². The molecule has 1 N–H and O–H groups in total. The van der Waals surface area contributed by atoms with Crippen molar-refractivity contribution in [2.45, 2.75) is 12.5 Å². The van der Waals surface area contributed by atoms with Crippen LogP contribution in [0.25, 0.3) is 0 Å². The summed E-state index contributed by atoms with van der Waals surface area (Å²) in [6.45, 7) is 1.41. The molecule has 0 saturated carbocycles. The third-order valence-electron chi connectivity index (χ3n) is 4.28. The Bertz CT molecular complexity index is 744. The first-order valence-corrected chi connectivity index (χ1v) is 7.92. The molecule has 126 valence electrons. The van der Waals surface area contributed by atoms with Crippen LogP contribution in [0.3, 0.4) is 0 Å². The van der Waals surface area contributed by atoms with Crippen LogP contribution < -0.4 is 14.4 Å². The SMILES string of the molecule is COc1ccc(C(=O)c2cccc(N3CCC(O)C3)c2)cc1OC. The number of carbonyl (C=O) groups is 1. The molecule has 2 aromatic carbocycles. The minimum atomic E-state index is -0.296. The molecule has 0 bridgehead atoms. The van der Waals surface area contributed by atoms with Crippen molar-refractivity contribution in [1.82, 2.24) is 0 Å². The molecule has 1 aliphatic heterocycles. The number of hydrogen-bond acceptors (Lipinski definition) is 5. The highest BCUT2D eigenvalue weighted by atomic mass is 16.5. The molecule has 5 heteroatoms. The first-order chi connectivity index (χ1) is 11.6. The molecule has 0 radical (unpaired) electrons. The monoisotopic (exact) mass is 327 g/mol. The zero-order chi connectivity index (χ0) is 17.1. The number of anilines is 1. The number of nitrogens with zero attached hydrogens (tertiary/aromatic N) is 1. The molecule has 1 heterocycles. The van der Waals surface area contributed by atoms with Crippen LogP contribution in [0.4, 0.5) is 5.69 Å². The second-order valence-corrected chi connectivity index (χ2v) is 5.84. The van der Waals surface area contributed by atoms with E-state index in [4.69, 9.17) is 9.47 Å². The molecule has 2 aromatic rings. The Morgan fingerprint density at radius 2 is 1.83 bits per heavy atom. The maximum absolute atomic E-state index is 12.8. The summed E-state index contributed by atoms with van der Waals surface area (Å²) in [6.07, 6.45) is 0.462. The maximum Gasteiger partial charge on any atom is 0.193 e.